The van der Waals surface area contributed by atoms with E-state index in [2.05, 4.69) is 26.9 Å². The lowest BCUT2D eigenvalue weighted by molar-refractivity contribution is 0.475. The third kappa shape index (κ3) is 2.89. The number of anilines is 1. The maximum atomic E-state index is 9.37. The quantitative estimate of drug-likeness (QED) is 0.803. The Bertz CT molecular complexity index is 649. The lowest BCUT2D eigenvalue weighted by atomic mass is 10.2. The Morgan fingerprint density at radius 2 is 1.85 bits per heavy atom. The van der Waals surface area contributed by atoms with Crippen LogP contribution in [0.1, 0.15) is 24.1 Å². The first kappa shape index (κ1) is 12.5. The fourth-order valence-corrected chi connectivity index (χ4v) is 2.23. The molecule has 2 heterocycles. The normalized spacial score (nSPS) is 13.9. The van der Waals surface area contributed by atoms with Crippen LogP contribution < -0.4 is 4.90 Å². The molecule has 1 N–H and O–H groups in total. The minimum atomic E-state index is 0.215. The highest BCUT2D eigenvalue weighted by Crippen LogP contribution is 2.16. The second-order valence-corrected chi connectivity index (χ2v) is 4.77. The Morgan fingerprint density at radius 3 is 2.55 bits per heavy atom. The van der Waals surface area contributed by atoms with Crippen LogP contribution in [0.15, 0.2) is 36.4 Å². The highest BCUT2D eigenvalue weighted by molar-refractivity contribution is 5.45. The van der Waals surface area contributed by atoms with Crippen molar-refractivity contribution >= 4 is 5.82 Å². The van der Waals surface area contributed by atoms with Gasteiger partial charge in [0.25, 0.3) is 0 Å². The molecule has 0 atom stereocenters. The molecule has 1 aromatic heterocycles. The highest BCUT2D eigenvalue weighted by atomic mass is 16.3. The molecule has 0 amide bonds. The standard InChI is InChI=1S/C16H15N3O/c20-15-5-3-4-13(12-15)6-7-14-8-9-16(18-17-14)19-10-1-2-11-19/h3-5,8-9,12,20H,1-2,10-11H2. The fourth-order valence-electron chi connectivity index (χ4n) is 2.23. The number of benzene rings is 1. The summed E-state index contributed by atoms with van der Waals surface area (Å²) in [5, 5.41) is 17.7. The van der Waals surface area contributed by atoms with Crippen LogP contribution in [0.4, 0.5) is 5.82 Å². The monoisotopic (exact) mass is 265 g/mol. The molecule has 0 aliphatic carbocycles. The maximum absolute atomic E-state index is 9.37. The van der Waals surface area contributed by atoms with Gasteiger partial charge in [-0.15, -0.1) is 10.2 Å². The van der Waals surface area contributed by atoms with Gasteiger partial charge in [-0.1, -0.05) is 12.0 Å². The first-order valence-electron chi connectivity index (χ1n) is 6.71. The molecule has 1 aliphatic rings. The summed E-state index contributed by atoms with van der Waals surface area (Å²) in [5.41, 5.74) is 1.40. The predicted molar refractivity (Wildman–Crippen MR) is 77.6 cm³/mol. The first-order chi connectivity index (χ1) is 9.81. The second-order valence-electron chi connectivity index (χ2n) is 4.77. The van der Waals surface area contributed by atoms with E-state index < -0.39 is 0 Å². The summed E-state index contributed by atoms with van der Waals surface area (Å²) in [6, 6.07) is 10.7. The summed E-state index contributed by atoms with van der Waals surface area (Å²) in [6.07, 6.45) is 2.45. The Balaban J connectivity index is 1.75. The molecule has 3 rings (SSSR count). The van der Waals surface area contributed by atoms with Crippen LogP contribution in [0.25, 0.3) is 0 Å². The number of nitrogens with zero attached hydrogens (tertiary/aromatic N) is 3. The molecule has 0 saturated carbocycles. The Hall–Kier alpha value is -2.54. The zero-order valence-electron chi connectivity index (χ0n) is 11.1. The predicted octanol–water partition coefficient (Wildman–Crippen LogP) is 2.18. The Morgan fingerprint density at radius 1 is 1.00 bits per heavy atom. The lowest BCUT2D eigenvalue weighted by Crippen LogP contribution is -2.19. The summed E-state index contributed by atoms with van der Waals surface area (Å²) in [4.78, 5) is 2.24. The van der Waals surface area contributed by atoms with Crippen LogP contribution in [0.5, 0.6) is 5.75 Å². The van der Waals surface area contributed by atoms with Crippen LogP contribution >= 0.6 is 0 Å². The van der Waals surface area contributed by atoms with Gasteiger partial charge in [0.15, 0.2) is 5.82 Å². The molecule has 20 heavy (non-hydrogen) atoms. The van der Waals surface area contributed by atoms with Gasteiger partial charge >= 0.3 is 0 Å². The van der Waals surface area contributed by atoms with Gasteiger partial charge < -0.3 is 10.0 Å². The lowest BCUT2D eigenvalue weighted by Gasteiger charge is -2.14. The van der Waals surface area contributed by atoms with E-state index in [0.29, 0.717) is 5.69 Å². The van der Waals surface area contributed by atoms with Crippen molar-refractivity contribution in [2.24, 2.45) is 0 Å². The molecule has 1 saturated heterocycles. The van der Waals surface area contributed by atoms with Crippen LogP contribution in [0, 0.1) is 11.8 Å². The molecule has 1 fully saturated rings. The van der Waals surface area contributed by atoms with E-state index in [4.69, 9.17) is 0 Å². The smallest absolute Gasteiger partial charge is 0.151 e. The molecule has 4 nitrogen and oxygen atoms in total. The van der Waals surface area contributed by atoms with Gasteiger partial charge in [0, 0.05) is 18.7 Å². The zero-order valence-corrected chi connectivity index (χ0v) is 11.1. The van der Waals surface area contributed by atoms with E-state index in [0.717, 1.165) is 24.5 Å². The van der Waals surface area contributed by atoms with E-state index in [1.807, 2.05) is 18.2 Å². The van der Waals surface area contributed by atoms with Crippen molar-refractivity contribution in [2.45, 2.75) is 12.8 Å². The topological polar surface area (TPSA) is 49.2 Å². The molecule has 2 aromatic rings. The number of phenolic OH excluding ortho intramolecular Hbond substituents is 1. The summed E-state index contributed by atoms with van der Waals surface area (Å²) in [7, 11) is 0. The summed E-state index contributed by atoms with van der Waals surface area (Å²) in [6.45, 7) is 2.12. The van der Waals surface area contributed by atoms with Crippen LogP contribution in [0.3, 0.4) is 0 Å². The molecular formula is C16H15N3O. The molecule has 0 spiro atoms. The van der Waals surface area contributed by atoms with Crippen LogP contribution in [-0.2, 0) is 0 Å². The van der Waals surface area contributed by atoms with E-state index in [1.54, 1.807) is 18.2 Å². The van der Waals surface area contributed by atoms with Crippen molar-refractivity contribution in [2.75, 3.05) is 18.0 Å². The van der Waals surface area contributed by atoms with E-state index >= 15 is 0 Å². The fraction of sp³-hybridized carbons (Fsp3) is 0.250. The van der Waals surface area contributed by atoms with Crippen molar-refractivity contribution in [3.8, 4) is 17.6 Å². The Kier molecular flexibility index (Phi) is 3.51. The number of phenols is 1. The van der Waals surface area contributed by atoms with Gasteiger partial charge in [-0.25, -0.2) is 0 Å². The molecule has 100 valence electrons. The molecule has 0 radical (unpaired) electrons. The number of hydrogen-bond acceptors (Lipinski definition) is 4. The Labute approximate surface area is 118 Å². The summed E-state index contributed by atoms with van der Waals surface area (Å²) < 4.78 is 0. The second kappa shape index (κ2) is 5.62. The average molecular weight is 265 g/mol. The van der Waals surface area contributed by atoms with Gasteiger partial charge in [-0.3, -0.25) is 0 Å². The van der Waals surface area contributed by atoms with Gasteiger partial charge in [-0.2, -0.15) is 0 Å². The van der Waals surface area contributed by atoms with E-state index in [9.17, 15) is 5.11 Å². The van der Waals surface area contributed by atoms with Gasteiger partial charge in [-0.05, 0) is 49.1 Å². The van der Waals surface area contributed by atoms with Crippen molar-refractivity contribution in [3.05, 3.63) is 47.7 Å². The molecular weight excluding hydrogens is 250 g/mol. The number of aromatic hydroxyl groups is 1. The van der Waals surface area contributed by atoms with Crippen molar-refractivity contribution in [3.63, 3.8) is 0 Å². The molecule has 0 bridgehead atoms. The van der Waals surface area contributed by atoms with Crippen LogP contribution in [0.2, 0.25) is 0 Å². The van der Waals surface area contributed by atoms with Crippen LogP contribution in [-0.4, -0.2) is 28.4 Å². The van der Waals surface area contributed by atoms with Crippen molar-refractivity contribution < 1.29 is 5.11 Å². The average Bonchev–Trinajstić information content (AvgIpc) is 3.00. The van der Waals surface area contributed by atoms with Crippen molar-refractivity contribution in [1.82, 2.24) is 10.2 Å². The molecule has 0 unspecified atom stereocenters. The summed E-state index contributed by atoms with van der Waals surface area (Å²) >= 11 is 0. The highest BCUT2D eigenvalue weighted by Gasteiger charge is 2.13. The molecule has 1 aliphatic heterocycles. The minimum absolute atomic E-state index is 0.215. The van der Waals surface area contributed by atoms with Gasteiger partial charge in [0.05, 0.1) is 0 Å². The summed E-state index contributed by atoms with van der Waals surface area (Å²) in [5.74, 6) is 7.05. The third-order valence-corrected chi connectivity index (χ3v) is 3.26. The first-order valence-corrected chi connectivity index (χ1v) is 6.71. The maximum Gasteiger partial charge on any atom is 0.151 e. The third-order valence-electron chi connectivity index (χ3n) is 3.26. The van der Waals surface area contributed by atoms with E-state index in [-0.39, 0.29) is 5.75 Å². The number of hydrogen-bond donors (Lipinski definition) is 1. The van der Waals surface area contributed by atoms with Gasteiger partial charge in [0.1, 0.15) is 11.4 Å². The number of aromatic nitrogens is 2. The minimum Gasteiger partial charge on any atom is -0.508 e. The number of rotatable bonds is 1. The molecule has 1 aromatic carbocycles. The zero-order chi connectivity index (χ0) is 13.8. The SMILES string of the molecule is Oc1cccc(C#Cc2ccc(N3CCCC3)nn2)c1. The van der Waals surface area contributed by atoms with Crippen molar-refractivity contribution in [1.29, 1.82) is 0 Å². The van der Waals surface area contributed by atoms with Gasteiger partial charge in [0.2, 0.25) is 0 Å². The van der Waals surface area contributed by atoms with E-state index in [1.165, 1.54) is 12.8 Å². The largest absolute Gasteiger partial charge is 0.508 e. The molecule has 4 heteroatoms.